The molecule has 1 heterocycles. The fourth-order valence-electron chi connectivity index (χ4n) is 0.846. The van der Waals surface area contributed by atoms with Gasteiger partial charge < -0.3 is 11.1 Å². The van der Waals surface area contributed by atoms with Crippen LogP contribution in [0.1, 0.15) is 12.8 Å². The Hall–Kier alpha value is -1.43. The van der Waals surface area contributed by atoms with Gasteiger partial charge in [0.2, 0.25) is 11.2 Å². The Morgan fingerprint density at radius 2 is 2.43 bits per heavy atom. The number of primary amides is 1. The zero-order valence-corrected chi connectivity index (χ0v) is 8.16. The SMILES string of the molecule is NC(=O)CCCNc1cnnc(Cl)n1. The Morgan fingerprint density at radius 3 is 3.07 bits per heavy atom. The number of anilines is 1. The highest BCUT2D eigenvalue weighted by atomic mass is 35.5. The van der Waals surface area contributed by atoms with Gasteiger partial charge in [-0.25, -0.2) is 0 Å². The van der Waals surface area contributed by atoms with E-state index in [0.29, 0.717) is 25.2 Å². The smallest absolute Gasteiger partial charge is 0.244 e. The molecule has 1 rings (SSSR count). The third-order valence-electron chi connectivity index (χ3n) is 1.44. The Kier molecular flexibility index (Phi) is 4.06. The van der Waals surface area contributed by atoms with Gasteiger partial charge in [-0.3, -0.25) is 4.79 Å². The summed E-state index contributed by atoms with van der Waals surface area (Å²) in [5.74, 6) is 0.222. The molecule has 0 aromatic carbocycles. The lowest BCUT2D eigenvalue weighted by Gasteiger charge is -2.02. The summed E-state index contributed by atoms with van der Waals surface area (Å²) in [4.78, 5) is 14.3. The van der Waals surface area contributed by atoms with Gasteiger partial charge in [-0.15, -0.1) is 5.10 Å². The van der Waals surface area contributed by atoms with Crippen molar-refractivity contribution in [3.63, 3.8) is 0 Å². The minimum atomic E-state index is -0.314. The quantitative estimate of drug-likeness (QED) is 0.685. The molecule has 0 saturated heterocycles. The third kappa shape index (κ3) is 3.99. The van der Waals surface area contributed by atoms with E-state index in [0.717, 1.165) is 0 Å². The molecule has 1 amide bonds. The summed E-state index contributed by atoms with van der Waals surface area (Å²) < 4.78 is 0. The zero-order valence-electron chi connectivity index (χ0n) is 7.40. The highest BCUT2D eigenvalue weighted by Gasteiger charge is 1.97. The van der Waals surface area contributed by atoms with Crippen LogP contribution in [-0.2, 0) is 4.79 Å². The van der Waals surface area contributed by atoms with Gasteiger partial charge in [0.05, 0.1) is 6.20 Å². The number of carbonyl (C=O) groups is 1. The van der Waals surface area contributed by atoms with Crippen LogP contribution in [0.15, 0.2) is 6.20 Å². The van der Waals surface area contributed by atoms with Crippen molar-refractivity contribution in [2.75, 3.05) is 11.9 Å². The molecule has 0 fully saturated rings. The molecule has 0 aliphatic heterocycles. The lowest BCUT2D eigenvalue weighted by Crippen LogP contribution is -2.13. The predicted octanol–water partition coefficient (Wildman–Crippen LogP) is 0.202. The molecule has 6 nitrogen and oxygen atoms in total. The molecule has 3 N–H and O–H groups in total. The number of aromatic nitrogens is 3. The second kappa shape index (κ2) is 5.33. The molecule has 0 saturated carbocycles. The average Bonchev–Trinajstić information content (AvgIpc) is 2.12. The van der Waals surface area contributed by atoms with Crippen LogP contribution in [0.5, 0.6) is 0 Å². The van der Waals surface area contributed by atoms with Gasteiger partial charge in [0, 0.05) is 13.0 Å². The maximum atomic E-state index is 10.4. The molecule has 0 bridgehead atoms. The van der Waals surface area contributed by atoms with E-state index in [9.17, 15) is 4.79 Å². The number of nitrogens with two attached hydrogens (primary N) is 1. The van der Waals surface area contributed by atoms with Crippen LogP contribution in [0.3, 0.4) is 0 Å². The number of carbonyl (C=O) groups excluding carboxylic acids is 1. The first kappa shape index (κ1) is 10.6. The van der Waals surface area contributed by atoms with Crippen LogP contribution in [0, 0.1) is 0 Å². The van der Waals surface area contributed by atoms with Crippen molar-refractivity contribution < 1.29 is 4.79 Å². The van der Waals surface area contributed by atoms with E-state index >= 15 is 0 Å². The summed E-state index contributed by atoms with van der Waals surface area (Å²) in [5.41, 5.74) is 4.97. The topological polar surface area (TPSA) is 93.8 Å². The first-order chi connectivity index (χ1) is 6.68. The molecule has 1 aromatic heterocycles. The second-order valence-electron chi connectivity index (χ2n) is 2.61. The highest BCUT2D eigenvalue weighted by Crippen LogP contribution is 2.03. The van der Waals surface area contributed by atoms with Gasteiger partial charge in [-0.2, -0.15) is 10.1 Å². The van der Waals surface area contributed by atoms with Gasteiger partial charge in [0.25, 0.3) is 0 Å². The largest absolute Gasteiger partial charge is 0.370 e. The number of rotatable bonds is 5. The molecule has 0 aliphatic rings. The molecule has 0 unspecified atom stereocenters. The molecule has 1 aromatic rings. The van der Waals surface area contributed by atoms with Crippen LogP contribution in [0.2, 0.25) is 5.28 Å². The second-order valence-corrected chi connectivity index (χ2v) is 2.95. The molecule has 0 radical (unpaired) electrons. The maximum absolute atomic E-state index is 10.4. The minimum Gasteiger partial charge on any atom is -0.370 e. The van der Waals surface area contributed by atoms with E-state index in [4.69, 9.17) is 17.3 Å². The standard InChI is InChI=1S/C7H10ClN5O/c8-7-12-6(4-11-13-7)10-3-1-2-5(9)14/h4H,1-3H2,(H2,9,14)(H,10,12,13). The van der Waals surface area contributed by atoms with Crippen LogP contribution >= 0.6 is 11.6 Å². The number of nitrogens with one attached hydrogen (secondary N) is 1. The zero-order chi connectivity index (χ0) is 10.4. The number of nitrogens with zero attached hydrogens (tertiary/aromatic N) is 3. The summed E-state index contributed by atoms with van der Waals surface area (Å²) in [6.07, 6.45) is 2.45. The summed E-state index contributed by atoms with van der Waals surface area (Å²) in [5, 5.41) is 10.1. The highest BCUT2D eigenvalue weighted by molar-refractivity contribution is 6.28. The number of amides is 1. The van der Waals surface area contributed by atoms with Crippen molar-refractivity contribution in [2.24, 2.45) is 5.73 Å². The summed E-state index contributed by atoms with van der Waals surface area (Å²) >= 11 is 5.51. The molecule has 0 aliphatic carbocycles. The molecule has 7 heteroatoms. The molecule has 76 valence electrons. The Balaban J connectivity index is 2.28. The van der Waals surface area contributed by atoms with Crippen molar-refractivity contribution in [3.8, 4) is 0 Å². The first-order valence-electron chi connectivity index (χ1n) is 4.06. The van der Waals surface area contributed by atoms with Crippen LogP contribution < -0.4 is 11.1 Å². The fourth-order valence-corrected chi connectivity index (χ4v) is 0.981. The minimum absolute atomic E-state index is 0.0879. The summed E-state index contributed by atoms with van der Waals surface area (Å²) in [7, 11) is 0. The average molecular weight is 216 g/mol. The van der Waals surface area contributed by atoms with E-state index in [2.05, 4.69) is 20.5 Å². The molecule has 14 heavy (non-hydrogen) atoms. The van der Waals surface area contributed by atoms with E-state index in [1.165, 1.54) is 6.20 Å². The molecule has 0 spiro atoms. The van der Waals surface area contributed by atoms with Crippen molar-refractivity contribution in [2.45, 2.75) is 12.8 Å². The first-order valence-corrected chi connectivity index (χ1v) is 4.43. The van der Waals surface area contributed by atoms with Gasteiger partial charge in [0.1, 0.15) is 5.82 Å². The van der Waals surface area contributed by atoms with Crippen LogP contribution in [0.4, 0.5) is 5.82 Å². The van der Waals surface area contributed by atoms with E-state index < -0.39 is 0 Å². The predicted molar refractivity (Wildman–Crippen MR) is 51.8 cm³/mol. The van der Waals surface area contributed by atoms with E-state index in [-0.39, 0.29) is 11.2 Å². The Bertz CT molecular complexity index is 319. The third-order valence-corrected chi connectivity index (χ3v) is 1.60. The van der Waals surface area contributed by atoms with Gasteiger partial charge >= 0.3 is 0 Å². The van der Waals surface area contributed by atoms with Crippen molar-refractivity contribution >= 4 is 23.3 Å². The molecule has 0 atom stereocenters. The van der Waals surface area contributed by atoms with Gasteiger partial charge in [-0.1, -0.05) is 0 Å². The summed E-state index contributed by atoms with van der Waals surface area (Å²) in [6, 6.07) is 0. The van der Waals surface area contributed by atoms with Crippen molar-refractivity contribution in [1.29, 1.82) is 0 Å². The van der Waals surface area contributed by atoms with E-state index in [1.54, 1.807) is 0 Å². The van der Waals surface area contributed by atoms with E-state index in [1.807, 2.05) is 0 Å². The number of hydrogen-bond acceptors (Lipinski definition) is 5. The normalized spacial score (nSPS) is 9.79. The van der Waals surface area contributed by atoms with Gasteiger partial charge in [-0.05, 0) is 18.0 Å². The maximum Gasteiger partial charge on any atom is 0.244 e. The lowest BCUT2D eigenvalue weighted by atomic mass is 10.3. The molecular formula is C7H10ClN5O. The fraction of sp³-hybridized carbons (Fsp3) is 0.429. The Morgan fingerprint density at radius 1 is 1.64 bits per heavy atom. The van der Waals surface area contributed by atoms with Gasteiger partial charge in [0.15, 0.2) is 0 Å². The van der Waals surface area contributed by atoms with Crippen molar-refractivity contribution in [3.05, 3.63) is 11.5 Å². The summed E-state index contributed by atoms with van der Waals surface area (Å²) in [6.45, 7) is 0.595. The monoisotopic (exact) mass is 215 g/mol. The van der Waals surface area contributed by atoms with Crippen LogP contribution in [0.25, 0.3) is 0 Å². The number of halogens is 1. The number of hydrogen-bond donors (Lipinski definition) is 2. The van der Waals surface area contributed by atoms with Crippen LogP contribution in [-0.4, -0.2) is 27.6 Å². The Labute approximate surface area is 85.9 Å². The van der Waals surface area contributed by atoms with Crippen molar-refractivity contribution in [1.82, 2.24) is 15.2 Å². The lowest BCUT2D eigenvalue weighted by molar-refractivity contribution is -0.118. The molecular weight excluding hydrogens is 206 g/mol.